The van der Waals surface area contributed by atoms with Gasteiger partial charge in [0.1, 0.15) is 5.01 Å². The zero-order chi connectivity index (χ0) is 17.9. The van der Waals surface area contributed by atoms with Gasteiger partial charge in [-0.15, -0.1) is 11.3 Å². The van der Waals surface area contributed by atoms with Crippen LogP contribution in [-0.2, 0) is 10.0 Å². The number of nitrogens with one attached hydrogen (secondary N) is 2. The largest absolute Gasteiger partial charge is 0.315 e. The molecule has 2 atom stereocenters. The third kappa shape index (κ3) is 4.25. The minimum absolute atomic E-state index is 0.190. The highest BCUT2D eigenvalue weighted by Gasteiger charge is 2.39. The van der Waals surface area contributed by atoms with E-state index in [-0.39, 0.29) is 5.75 Å². The second kappa shape index (κ2) is 7.22. The van der Waals surface area contributed by atoms with E-state index in [1.807, 2.05) is 35.7 Å². The van der Waals surface area contributed by atoms with Crippen molar-refractivity contribution in [2.45, 2.75) is 19.4 Å². The smallest absolute Gasteiger partial charge is 0.213 e. The summed E-state index contributed by atoms with van der Waals surface area (Å²) in [7, 11) is -3.58. The Kier molecular flexibility index (Phi) is 5.20. The van der Waals surface area contributed by atoms with Crippen LogP contribution >= 0.6 is 11.3 Å². The van der Waals surface area contributed by atoms with Gasteiger partial charge < -0.3 is 5.32 Å². The van der Waals surface area contributed by atoms with Crippen molar-refractivity contribution in [3.8, 4) is 17.3 Å². The molecule has 2 aromatic rings. The van der Waals surface area contributed by atoms with Crippen LogP contribution in [0.1, 0.15) is 24.4 Å². The predicted molar refractivity (Wildman–Crippen MR) is 98.4 cm³/mol. The van der Waals surface area contributed by atoms with E-state index in [9.17, 15) is 13.7 Å². The summed E-state index contributed by atoms with van der Waals surface area (Å²) in [6, 6.07) is 11.5. The van der Waals surface area contributed by atoms with Crippen molar-refractivity contribution in [1.29, 1.82) is 5.26 Å². The Balaban J connectivity index is 1.70. The molecule has 132 valence electrons. The Morgan fingerprint density at radius 2 is 2.20 bits per heavy atom. The fraction of sp³-hybridized carbons (Fsp3) is 0.412. The summed E-state index contributed by atoms with van der Waals surface area (Å²) >= 11 is 1.43. The lowest BCUT2D eigenvalue weighted by molar-refractivity contribution is 0.476. The molecule has 0 spiro atoms. The number of sulfonamides is 1. The average Bonchev–Trinajstić information content (AvgIpc) is 3.25. The van der Waals surface area contributed by atoms with Crippen molar-refractivity contribution >= 4 is 21.4 Å². The summed E-state index contributed by atoms with van der Waals surface area (Å²) in [5.74, 6) is -0.190. The molecule has 1 aliphatic rings. The Morgan fingerprint density at radius 1 is 1.44 bits per heavy atom. The van der Waals surface area contributed by atoms with Gasteiger partial charge in [0, 0.05) is 17.5 Å². The topological polar surface area (TPSA) is 94.9 Å². The van der Waals surface area contributed by atoms with Gasteiger partial charge in [-0.25, -0.2) is 18.1 Å². The van der Waals surface area contributed by atoms with Crippen molar-refractivity contribution in [3.05, 3.63) is 40.7 Å². The maximum atomic E-state index is 12.5. The van der Waals surface area contributed by atoms with Crippen molar-refractivity contribution in [2.24, 2.45) is 5.41 Å². The highest BCUT2D eigenvalue weighted by atomic mass is 32.2. The van der Waals surface area contributed by atoms with Crippen LogP contribution in [0.15, 0.2) is 35.7 Å². The number of nitrogens with zero attached hydrogens (tertiary/aromatic N) is 2. The van der Waals surface area contributed by atoms with E-state index in [1.54, 1.807) is 6.92 Å². The molecule has 1 aromatic heterocycles. The first kappa shape index (κ1) is 18.0. The molecule has 3 rings (SSSR count). The molecule has 1 saturated heterocycles. The SMILES string of the molecule is CC(NS(=O)(=O)CC1(C#N)CCNC1)c1nc(-c2ccccc2)cs1. The minimum Gasteiger partial charge on any atom is -0.315 e. The zero-order valence-electron chi connectivity index (χ0n) is 13.9. The molecule has 1 fully saturated rings. The summed E-state index contributed by atoms with van der Waals surface area (Å²) in [5.41, 5.74) is 0.990. The maximum Gasteiger partial charge on any atom is 0.213 e. The maximum absolute atomic E-state index is 12.5. The van der Waals surface area contributed by atoms with Gasteiger partial charge in [-0.3, -0.25) is 0 Å². The first-order valence-corrected chi connectivity index (χ1v) is 10.6. The molecule has 1 aliphatic heterocycles. The molecule has 2 heterocycles. The van der Waals surface area contributed by atoms with Gasteiger partial charge in [0.25, 0.3) is 0 Å². The normalized spacial score (nSPS) is 21.8. The van der Waals surface area contributed by atoms with E-state index >= 15 is 0 Å². The lowest BCUT2D eigenvalue weighted by Gasteiger charge is -2.20. The average molecular weight is 377 g/mol. The van der Waals surface area contributed by atoms with E-state index in [0.717, 1.165) is 11.3 Å². The molecule has 6 nitrogen and oxygen atoms in total. The monoisotopic (exact) mass is 376 g/mol. The fourth-order valence-corrected chi connectivity index (χ4v) is 5.63. The van der Waals surface area contributed by atoms with E-state index in [0.29, 0.717) is 24.5 Å². The molecule has 0 bridgehead atoms. The first-order valence-electron chi connectivity index (χ1n) is 8.06. The van der Waals surface area contributed by atoms with Crippen LogP contribution in [0.2, 0.25) is 0 Å². The van der Waals surface area contributed by atoms with Gasteiger partial charge in [0.2, 0.25) is 10.0 Å². The van der Waals surface area contributed by atoms with E-state index in [2.05, 4.69) is 21.1 Å². The quantitative estimate of drug-likeness (QED) is 0.807. The van der Waals surface area contributed by atoms with Crippen molar-refractivity contribution < 1.29 is 8.42 Å². The lowest BCUT2D eigenvalue weighted by Crippen LogP contribution is -2.38. The molecular formula is C17H20N4O2S2. The number of rotatable bonds is 6. The van der Waals surface area contributed by atoms with Crippen LogP contribution < -0.4 is 10.0 Å². The number of nitriles is 1. The van der Waals surface area contributed by atoms with Gasteiger partial charge in [-0.1, -0.05) is 30.3 Å². The molecule has 1 aromatic carbocycles. The first-order chi connectivity index (χ1) is 11.9. The Labute approximate surface area is 152 Å². The van der Waals surface area contributed by atoms with Crippen LogP contribution in [0.4, 0.5) is 0 Å². The number of hydrogen-bond acceptors (Lipinski definition) is 6. The molecule has 0 radical (unpaired) electrons. The summed E-state index contributed by atoms with van der Waals surface area (Å²) in [6.45, 7) is 2.86. The van der Waals surface area contributed by atoms with Gasteiger partial charge in [-0.2, -0.15) is 5.26 Å². The second-order valence-electron chi connectivity index (χ2n) is 6.35. The summed E-state index contributed by atoms with van der Waals surface area (Å²) in [4.78, 5) is 4.55. The second-order valence-corrected chi connectivity index (χ2v) is 9.00. The minimum atomic E-state index is -3.58. The van der Waals surface area contributed by atoms with Crippen LogP contribution in [0.25, 0.3) is 11.3 Å². The van der Waals surface area contributed by atoms with Crippen LogP contribution in [0, 0.1) is 16.7 Å². The van der Waals surface area contributed by atoms with E-state index in [1.165, 1.54) is 11.3 Å². The lowest BCUT2D eigenvalue weighted by atomic mass is 9.92. The summed E-state index contributed by atoms with van der Waals surface area (Å²) in [6.07, 6.45) is 0.550. The van der Waals surface area contributed by atoms with Gasteiger partial charge >= 0.3 is 0 Å². The van der Waals surface area contributed by atoms with Crippen molar-refractivity contribution in [2.75, 3.05) is 18.8 Å². The van der Waals surface area contributed by atoms with Crippen molar-refractivity contribution in [1.82, 2.24) is 15.0 Å². The number of benzene rings is 1. The van der Waals surface area contributed by atoms with E-state index < -0.39 is 21.5 Å². The highest BCUT2D eigenvalue weighted by molar-refractivity contribution is 7.89. The number of aromatic nitrogens is 1. The Morgan fingerprint density at radius 3 is 2.84 bits per heavy atom. The Bertz CT molecular complexity index is 866. The number of thiazole rings is 1. The third-order valence-electron chi connectivity index (χ3n) is 4.27. The zero-order valence-corrected chi connectivity index (χ0v) is 15.5. The molecule has 0 saturated carbocycles. The predicted octanol–water partition coefficient (Wildman–Crippen LogP) is 2.29. The third-order valence-corrected chi connectivity index (χ3v) is 6.94. The Hall–Kier alpha value is -1.79. The molecule has 8 heteroatoms. The molecule has 0 amide bonds. The molecule has 25 heavy (non-hydrogen) atoms. The molecule has 2 unspecified atom stereocenters. The molecule has 2 N–H and O–H groups in total. The van der Waals surface area contributed by atoms with Crippen molar-refractivity contribution in [3.63, 3.8) is 0 Å². The van der Waals surface area contributed by atoms with Gasteiger partial charge in [0.05, 0.1) is 29.0 Å². The van der Waals surface area contributed by atoms with Gasteiger partial charge in [-0.05, 0) is 19.9 Å². The summed E-state index contributed by atoms with van der Waals surface area (Å²) < 4.78 is 27.7. The van der Waals surface area contributed by atoms with Gasteiger partial charge in [0.15, 0.2) is 0 Å². The summed E-state index contributed by atoms with van der Waals surface area (Å²) in [5, 5.41) is 15.1. The molecule has 0 aliphatic carbocycles. The van der Waals surface area contributed by atoms with Crippen LogP contribution in [0.3, 0.4) is 0 Å². The molecular weight excluding hydrogens is 356 g/mol. The standard InChI is InChI=1S/C17H20N4O2S2/c1-13(16-20-15(9-24-16)14-5-3-2-4-6-14)21-25(22,23)12-17(10-18)7-8-19-11-17/h2-6,9,13,19,21H,7-8,11-12H2,1H3. The number of hydrogen-bond donors (Lipinski definition) is 2. The van der Waals surface area contributed by atoms with E-state index in [4.69, 9.17) is 0 Å². The van der Waals surface area contributed by atoms with Crippen LogP contribution in [-0.4, -0.2) is 32.2 Å². The fourth-order valence-electron chi connectivity index (χ4n) is 2.95. The highest BCUT2D eigenvalue weighted by Crippen LogP contribution is 2.28. The van der Waals surface area contributed by atoms with Crippen LogP contribution in [0.5, 0.6) is 0 Å².